The molecule has 2 rings (SSSR count). The average molecular weight is 436 g/mol. The lowest BCUT2D eigenvalue weighted by Gasteiger charge is -2.09. The zero-order valence-electron chi connectivity index (χ0n) is 15.8. The minimum Gasteiger partial charge on any atom is -0.497 e. The van der Waals surface area contributed by atoms with E-state index in [2.05, 4.69) is 10.6 Å². The van der Waals surface area contributed by atoms with Gasteiger partial charge in [-0.1, -0.05) is 11.6 Å². The third-order valence-corrected chi connectivity index (χ3v) is 3.97. The standard InChI is InChI=1S/C19H18ClN3O7/c1-29-14-6-7-16(23(27)28)15(10-14)22-18(25)11-30-19(26)9-8-17(24)21-13-4-2-12(20)3-5-13/h2-7,10H,8-9,11H2,1H3,(H,21,24)(H,22,25). The van der Waals surface area contributed by atoms with Crippen LogP contribution in [0.2, 0.25) is 5.02 Å². The van der Waals surface area contributed by atoms with Gasteiger partial charge in [0.2, 0.25) is 5.91 Å². The summed E-state index contributed by atoms with van der Waals surface area (Å²) in [5.74, 6) is -1.65. The van der Waals surface area contributed by atoms with Gasteiger partial charge in [0.1, 0.15) is 11.4 Å². The Balaban J connectivity index is 1.79. The zero-order valence-corrected chi connectivity index (χ0v) is 16.6. The molecule has 0 fully saturated rings. The molecule has 2 aromatic rings. The molecule has 158 valence electrons. The first-order valence-corrected chi connectivity index (χ1v) is 8.99. The van der Waals surface area contributed by atoms with Crippen molar-refractivity contribution in [3.05, 3.63) is 57.6 Å². The minimum atomic E-state index is -0.773. The van der Waals surface area contributed by atoms with Gasteiger partial charge in [0, 0.05) is 29.3 Å². The third kappa shape index (κ3) is 7.06. The fourth-order valence-corrected chi connectivity index (χ4v) is 2.40. The summed E-state index contributed by atoms with van der Waals surface area (Å²) in [5.41, 5.74) is 0.0918. The van der Waals surface area contributed by atoms with E-state index in [1.54, 1.807) is 24.3 Å². The van der Waals surface area contributed by atoms with Gasteiger partial charge in [-0.15, -0.1) is 0 Å². The molecule has 0 saturated heterocycles. The number of hydrogen-bond donors (Lipinski definition) is 2. The maximum absolute atomic E-state index is 12.0. The first kappa shape index (κ1) is 22.6. The number of hydrogen-bond acceptors (Lipinski definition) is 7. The van der Waals surface area contributed by atoms with Gasteiger partial charge in [-0.25, -0.2) is 0 Å². The molecule has 10 nitrogen and oxygen atoms in total. The minimum absolute atomic E-state index is 0.0947. The maximum Gasteiger partial charge on any atom is 0.306 e. The lowest BCUT2D eigenvalue weighted by atomic mass is 10.2. The van der Waals surface area contributed by atoms with Crippen molar-refractivity contribution in [2.24, 2.45) is 0 Å². The molecule has 0 aliphatic carbocycles. The summed E-state index contributed by atoms with van der Waals surface area (Å²) in [6, 6.07) is 10.3. The lowest BCUT2D eigenvalue weighted by molar-refractivity contribution is -0.383. The Morgan fingerprint density at radius 3 is 2.37 bits per heavy atom. The Labute approximate surface area is 176 Å². The first-order valence-electron chi connectivity index (χ1n) is 8.62. The van der Waals surface area contributed by atoms with Crippen molar-refractivity contribution >= 4 is 46.4 Å². The van der Waals surface area contributed by atoms with Gasteiger partial charge in [-0.2, -0.15) is 0 Å². The number of rotatable bonds is 9. The van der Waals surface area contributed by atoms with Crippen LogP contribution in [0.4, 0.5) is 17.1 Å². The van der Waals surface area contributed by atoms with E-state index in [9.17, 15) is 24.5 Å². The fourth-order valence-electron chi connectivity index (χ4n) is 2.28. The second-order valence-corrected chi connectivity index (χ2v) is 6.34. The van der Waals surface area contributed by atoms with E-state index < -0.39 is 29.3 Å². The maximum atomic E-state index is 12.0. The van der Waals surface area contributed by atoms with E-state index in [4.69, 9.17) is 21.1 Å². The van der Waals surface area contributed by atoms with Crippen LogP contribution in [-0.2, 0) is 19.1 Å². The molecular formula is C19H18ClN3O7. The molecule has 0 saturated carbocycles. The van der Waals surface area contributed by atoms with Crippen LogP contribution in [0.1, 0.15) is 12.8 Å². The number of nitrogens with one attached hydrogen (secondary N) is 2. The van der Waals surface area contributed by atoms with Crippen LogP contribution >= 0.6 is 11.6 Å². The van der Waals surface area contributed by atoms with E-state index in [1.165, 1.54) is 25.3 Å². The Kier molecular flexibility index (Phi) is 8.12. The molecule has 0 bridgehead atoms. The van der Waals surface area contributed by atoms with Crippen LogP contribution in [0, 0.1) is 10.1 Å². The third-order valence-electron chi connectivity index (χ3n) is 3.72. The van der Waals surface area contributed by atoms with Gasteiger partial charge in [0.25, 0.3) is 11.6 Å². The van der Waals surface area contributed by atoms with Crippen molar-refractivity contribution in [3.63, 3.8) is 0 Å². The number of esters is 1. The zero-order chi connectivity index (χ0) is 22.1. The molecule has 0 atom stereocenters. The van der Waals surface area contributed by atoms with Crippen molar-refractivity contribution in [1.82, 2.24) is 0 Å². The predicted octanol–water partition coefficient (Wildman–Crippen LogP) is 3.16. The van der Waals surface area contributed by atoms with Crippen molar-refractivity contribution in [3.8, 4) is 5.75 Å². The van der Waals surface area contributed by atoms with Gasteiger partial charge >= 0.3 is 5.97 Å². The molecule has 30 heavy (non-hydrogen) atoms. The molecule has 0 heterocycles. The van der Waals surface area contributed by atoms with Gasteiger partial charge in [-0.05, 0) is 30.3 Å². The SMILES string of the molecule is COc1ccc([N+](=O)[O-])c(NC(=O)COC(=O)CCC(=O)Nc2ccc(Cl)cc2)c1. The number of carbonyl (C=O) groups is 3. The van der Waals surface area contributed by atoms with Crippen LogP contribution < -0.4 is 15.4 Å². The highest BCUT2D eigenvalue weighted by molar-refractivity contribution is 6.30. The van der Waals surface area contributed by atoms with Gasteiger partial charge in [-0.3, -0.25) is 24.5 Å². The largest absolute Gasteiger partial charge is 0.497 e. The number of carbonyl (C=O) groups excluding carboxylic acids is 3. The van der Waals surface area contributed by atoms with Crippen LogP contribution in [0.5, 0.6) is 5.75 Å². The van der Waals surface area contributed by atoms with E-state index in [0.717, 1.165) is 0 Å². The summed E-state index contributed by atoms with van der Waals surface area (Å²) in [6.45, 7) is -0.661. The van der Waals surface area contributed by atoms with Crippen LogP contribution in [0.25, 0.3) is 0 Å². The molecule has 0 spiro atoms. The van der Waals surface area contributed by atoms with Crippen molar-refractivity contribution < 1.29 is 28.8 Å². The number of ether oxygens (including phenoxy) is 2. The number of anilines is 2. The molecule has 2 amide bonds. The first-order chi connectivity index (χ1) is 14.3. The van der Waals surface area contributed by atoms with E-state index in [1.807, 2.05) is 0 Å². The highest BCUT2D eigenvalue weighted by Gasteiger charge is 2.18. The summed E-state index contributed by atoms with van der Waals surface area (Å²) in [7, 11) is 1.37. The number of amides is 2. The van der Waals surface area contributed by atoms with Crippen molar-refractivity contribution in [1.29, 1.82) is 0 Å². The summed E-state index contributed by atoms with van der Waals surface area (Å²) in [4.78, 5) is 45.9. The Morgan fingerprint density at radius 1 is 1.03 bits per heavy atom. The molecule has 0 radical (unpaired) electrons. The number of halogens is 1. The number of methoxy groups -OCH3 is 1. The Hall–Kier alpha value is -3.66. The summed E-state index contributed by atoms with van der Waals surface area (Å²) in [5, 5.41) is 16.5. The summed E-state index contributed by atoms with van der Waals surface area (Å²) >= 11 is 5.76. The normalized spacial score (nSPS) is 10.1. The van der Waals surface area contributed by atoms with E-state index >= 15 is 0 Å². The fraction of sp³-hybridized carbons (Fsp3) is 0.211. The van der Waals surface area contributed by atoms with E-state index in [-0.39, 0.29) is 24.2 Å². The highest BCUT2D eigenvalue weighted by Crippen LogP contribution is 2.28. The highest BCUT2D eigenvalue weighted by atomic mass is 35.5. The molecule has 0 unspecified atom stereocenters. The van der Waals surface area contributed by atoms with Gasteiger partial charge in [0.15, 0.2) is 6.61 Å². The molecular weight excluding hydrogens is 418 g/mol. The topological polar surface area (TPSA) is 137 Å². The molecule has 2 N–H and O–H groups in total. The lowest BCUT2D eigenvalue weighted by Crippen LogP contribution is -2.22. The molecule has 0 aliphatic rings. The number of nitrogens with zero attached hydrogens (tertiary/aromatic N) is 1. The van der Waals surface area contributed by atoms with Crippen molar-refractivity contribution in [2.75, 3.05) is 24.4 Å². The smallest absolute Gasteiger partial charge is 0.306 e. The summed E-state index contributed by atoms with van der Waals surface area (Å²) in [6.07, 6.45) is -0.392. The number of benzene rings is 2. The second-order valence-electron chi connectivity index (χ2n) is 5.90. The predicted molar refractivity (Wildman–Crippen MR) is 109 cm³/mol. The van der Waals surface area contributed by atoms with Gasteiger partial charge in [0.05, 0.1) is 18.5 Å². The Bertz CT molecular complexity index is 948. The molecule has 0 aromatic heterocycles. The quantitative estimate of drug-likeness (QED) is 0.350. The van der Waals surface area contributed by atoms with Crippen LogP contribution in [0.3, 0.4) is 0 Å². The second kappa shape index (κ2) is 10.8. The average Bonchev–Trinajstić information content (AvgIpc) is 2.72. The number of nitro benzene ring substituents is 1. The monoisotopic (exact) mass is 435 g/mol. The Morgan fingerprint density at radius 2 is 1.73 bits per heavy atom. The molecule has 0 aliphatic heterocycles. The van der Waals surface area contributed by atoms with Crippen molar-refractivity contribution in [2.45, 2.75) is 12.8 Å². The van der Waals surface area contributed by atoms with Gasteiger partial charge < -0.3 is 20.1 Å². The van der Waals surface area contributed by atoms with Crippen LogP contribution in [0.15, 0.2) is 42.5 Å². The number of nitro groups is 1. The van der Waals surface area contributed by atoms with E-state index in [0.29, 0.717) is 16.5 Å². The summed E-state index contributed by atoms with van der Waals surface area (Å²) < 4.78 is 9.77. The molecule has 11 heteroatoms. The van der Waals surface area contributed by atoms with Crippen LogP contribution in [-0.4, -0.2) is 36.4 Å². The molecule has 2 aromatic carbocycles.